The normalized spacial score (nSPS) is 15.6. The topological polar surface area (TPSA) is 130 Å². The number of hydrogen-bond donors (Lipinski definition) is 1. The number of aryl methyl sites for hydroxylation is 1. The summed E-state index contributed by atoms with van der Waals surface area (Å²) in [5, 5.41) is 4.21. The van der Waals surface area contributed by atoms with Crippen molar-refractivity contribution in [1.29, 1.82) is 0 Å². The number of sulfonamides is 1. The van der Waals surface area contributed by atoms with Crippen LogP contribution < -0.4 is 10.7 Å². The maximum atomic E-state index is 13.1. The van der Waals surface area contributed by atoms with Crippen molar-refractivity contribution in [1.82, 2.24) is 29.0 Å². The van der Waals surface area contributed by atoms with Gasteiger partial charge in [-0.25, -0.2) is 27.9 Å². The van der Waals surface area contributed by atoms with Crippen molar-refractivity contribution in [2.45, 2.75) is 11.8 Å². The zero-order valence-electron chi connectivity index (χ0n) is 16.6. The van der Waals surface area contributed by atoms with Crippen LogP contribution in [0.1, 0.15) is 5.82 Å². The summed E-state index contributed by atoms with van der Waals surface area (Å²) in [5.74, 6) is 1.38. The van der Waals surface area contributed by atoms with Crippen LogP contribution in [0.15, 0.2) is 56.8 Å². The molecule has 1 saturated heterocycles. The van der Waals surface area contributed by atoms with Crippen molar-refractivity contribution in [3.8, 4) is 5.82 Å². The summed E-state index contributed by atoms with van der Waals surface area (Å²) in [6.45, 7) is 3.40. The molecule has 0 aliphatic carbocycles. The second-order valence-electron chi connectivity index (χ2n) is 7.15. The zero-order chi connectivity index (χ0) is 21.6. The quantitative estimate of drug-likeness (QED) is 0.495. The Balaban J connectivity index is 1.35. The molecular weight excluding hydrogens is 422 g/mol. The second-order valence-corrected chi connectivity index (χ2v) is 9.08. The number of rotatable bonds is 4. The monoisotopic (exact) mass is 441 g/mol. The molecule has 1 aromatic carbocycles. The number of hydrogen-bond acceptors (Lipinski definition) is 8. The first-order chi connectivity index (χ1) is 14.9. The fraction of sp³-hybridized carbons (Fsp3) is 0.263. The molecule has 1 aliphatic rings. The predicted octanol–water partition coefficient (Wildman–Crippen LogP) is 0.916. The van der Waals surface area contributed by atoms with Crippen LogP contribution >= 0.6 is 0 Å². The van der Waals surface area contributed by atoms with Gasteiger partial charge in [-0.15, -0.1) is 0 Å². The number of fused-ring (bicyclic) bond motifs is 1. The van der Waals surface area contributed by atoms with Crippen molar-refractivity contribution >= 4 is 26.9 Å². The molecule has 11 nitrogen and oxygen atoms in total. The molecule has 1 aliphatic heterocycles. The number of nitrogens with one attached hydrogen (secondary N) is 1. The molecule has 1 fully saturated rings. The Labute approximate surface area is 177 Å². The Bertz CT molecular complexity index is 1400. The highest BCUT2D eigenvalue weighted by atomic mass is 32.2. The van der Waals surface area contributed by atoms with Crippen molar-refractivity contribution in [2.75, 3.05) is 31.1 Å². The number of aromatic nitrogens is 5. The zero-order valence-corrected chi connectivity index (χ0v) is 17.4. The van der Waals surface area contributed by atoms with Crippen LogP contribution in [0, 0.1) is 6.92 Å². The van der Waals surface area contributed by atoms with Crippen LogP contribution in [-0.2, 0) is 10.0 Å². The summed E-state index contributed by atoms with van der Waals surface area (Å²) >= 11 is 0. The summed E-state index contributed by atoms with van der Waals surface area (Å²) in [6, 6.07) is 8.01. The molecule has 0 saturated carbocycles. The first-order valence-electron chi connectivity index (χ1n) is 9.64. The van der Waals surface area contributed by atoms with Gasteiger partial charge in [-0.1, -0.05) is 0 Å². The summed E-state index contributed by atoms with van der Waals surface area (Å²) in [5.41, 5.74) is 0.674. The fourth-order valence-electron chi connectivity index (χ4n) is 3.62. The Morgan fingerprint density at radius 2 is 1.84 bits per heavy atom. The Morgan fingerprint density at radius 1 is 1.06 bits per heavy atom. The minimum atomic E-state index is -3.71. The molecule has 160 valence electrons. The van der Waals surface area contributed by atoms with E-state index in [-0.39, 0.29) is 4.90 Å². The smallest absolute Gasteiger partial charge is 0.408 e. The average Bonchev–Trinajstić information content (AvgIpc) is 3.42. The van der Waals surface area contributed by atoms with Crippen LogP contribution in [0.3, 0.4) is 0 Å². The first kappa shape index (κ1) is 19.5. The van der Waals surface area contributed by atoms with Crippen molar-refractivity contribution in [3.05, 3.63) is 59.1 Å². The van der Waals surface area contributed by atoms with Gasteiger partial charge in [0.15, 0.2) is 11.4 Å². The molecular formula is C19H19N7O4S. The second kappa shape index (κ2) is 7.32. The van der Waals surface area contributed by atoms with Crippen LogP contribution in [-0.4, -0.2) is 63.6 Å². The third kappa shape index (κ3) is 3.59. The fourth-order valence-corrected chi connectivity index (χ4v) is 5.07. The van der Waals surface area contributed by atoms with E-state index in [0.717, 1.165) is 5.82 Å². The van der Waals surface area contributed by atoms with E-state index in [2.05, 4.69) is 20.1 Å². The van der Waals surface area contributed by atoms with Gasteiger partial charge in [-0.3, -0.25) is 4.98 Å². The Kier molecular flexibility index (Phi) is 4.59. The number of aromatic amines is 1. The minimum Gasteiger partial charge on any atom is -0.408 e. The van der Waals surface area contributed by atoms with E-state index in [1.54, 1.807) is 17.1 Å². The third-order valence-electron chi connectivity index (χ3n) is 5.14. The molecule has 4 heterocycles. The first-order valence-corrected chi connectivity index (χ1v) is 11.1. The number of nitrogens with zero attached hydrogens (tertiary/aromatic N) is 6. The highest BCUT2D eigenvalue weighted by Gasteiger charge is 2.29. The molecule has 1 N–H and O–H groups in total. The highest BCUT2D eigenvalue weighted by molar-refractivity contribution is 7.89. The largest absolute Gasteiger partial charge is 0.417 e. The summed E-state index contributed by atoms with van der Waals surface area (Å²) in [4.78, 5) is 24.9. The van der Waals surface area contributed by atoms with Crippen LogP contribution in [0.5, 0.6) is 0 Å². The maximum Gasteiger partial charge on any atom is 0.417 e. The van der Waals surface area contributed by atoms with Gasteiger partial charge in [0.2, 0.25) is 10.0 Å². The lowest BCUT2D eigenvalue weighted by Crippen LogP contribution is -2.49. The molecule has 3 aromatic heterocycles. The molecule has 4 aromatic rings. The van der Waals surface area contributed by atoms with E-state index in [1.807, 2.05) is 24.0 Å². The average molecular weight is 441 g/mol. The van der Waals surface area contributed by atoms with E-state index in [4.69, 9.17) is 4.42 Å². The van der Waals surface area contributed by atoms with E-state index in [9.17, 15) is 13.2 Å². The van der Waals surface area contributed by atoms with Crippen molar-refractivity contribution in [2.24, 2.45) is 0 Å². The molecule has 31 heavy (non-hydrogen) atoms. The van der Waals surface area contributed by atoms with E-state index in [1.165, 1.54) is 22.5 Å². The number of oxazole rings is 1. The van der Waals surface area contributed by atoms with Crippen LogP contribution in [0.4, 0.5) is 5.82 Å². The highest BCUT2D eigenvalue weighted by Crippen LogP contribution is 2.23. The molecule has 0 radical (unpaired) electrons. The van der Waals surface area contributed by atoms with Crippen LogP contribution in [0.25, 0.3) is 16.9 Å². The maximum absolute atomic E-state index is 13.1. The number of H-pyrrole nitrogens is 1. The number of anilines is 1. The van der Waals surface area contributed by atoms with Gasteiger partial charge in [-0.2, -0.15) is 9.40 Å². The van der Waals surface area contributed by atoms with Gasteiger partial charge in [0.25, 0.3) is 0 Å². The van der Waals surface area contributed by atoms with Gasteiger partial charge in [0.05, 0.1) is 10.4 Å². The molecule has 0 spiro atoms. The summed E-state index contributed by atoms with van der Waals surface area (Å²) in [7, 11) is -3.71. The predicted molar refractivity (Wildman–Crippen MR) is 112 cm³/mol. The van der Waals surface area contributed by atoms with Crippen molar-refractivity contribution < 1.29 is 12.8 Å². The van der Waals surface area contributed by atoms with Gasteiger partial charge in [0.1, 0.15) is 11.6 Å². The molecule has 0 unspecified atom stereocenters. The number of benzene rings is 1. The molecule has 5 rings (SSSR count). The van der Waals surface area contributed by atoms with E-state index in [0.29, 0.717) is 48.9 Å². The SMILES string of the molecule is Cc1nc(N2CCN(S(=O)(=O)c3ccc4oc(=O)[nH]c4c3)CC2)cc(-n2cccn2)n1. The molecule has 0 atom stereocenters. The molecule has 0 amide bonds. The van der Waals surface area contributed by atoms with E-state index >= 15 is 0 Å². The lowest BCUT2D eigenvalue weighted by molar-refractivity contribution is 0.383. The van der Waals surface area contributed by atoms with Gasteiger partial charge in [0, 0.05) is 44.6 Å². The van der Waals surface area contributed by atoms with Crippen LogP contribution in [0.2, 0.25) is 0 Å². The standard InChI is InChI=1S/C19H19N7O4S/c1-13-21-17(12-18(22-13)26-6-2-5-20-26)24-7-9-25(10-8-24)31(28,29)14-3-4-16-15(11-14)23-19(27)30-16/h2-6,11-12H,7-10H2,1H3,(H,23,27). The van der Waals surface area contributed by atoms with E-state index < -0.39 is 15.8 Å². The van der Waals surface area contributed by atoms with Gasteiger partial charge < -0.3 is 9.32 Å². The lowest BCUT2D eigenvalue weighted by Gasteiger charge is -2.34. The minimum absolute atomic E-state index is 0.115. The Hall–Kier alpha value is -3.51. The number of piperazine rings is 1. The summed E-state index contributed by atoms with van der Waals surface area (Å²) in [6.07, 6.45) is 3.48. The molecule has 0 bridgehead atoms. The lowest BCUT2D eigenvalue weighted by atomic mass is 10.3. The van der Waals surface area contributed by atoms with Gasteiger partial charge in [-0.05, 0) is 31.2 Å². The van der Waals surface area contributed by atoms with Crippen molar-refractivity contribution in [3.63, 3.8) is 0 Å². The van der Waals surface area contributed by atoms with Gasteiger partial charge >= 0.3 is 5.76 Å². The molecule has 12 heteroatoms. The Morgan fingerprint density at radius 3 is 2.58 bits per heavy atom. The summed E-state index contributed by atoms with van der Waals surface area (Å²) < 4.78 is 34.2. The third-order valence-corrected chi connectivity index (χ3v) is 7.04.